The van der Waals surface area contributed by atoms with E-state index in [9.17, 15) is 0 Å². The van der Waals surface area contributed by atoms with E-state index < -0.39 is 0 Å². The van der Waals surface area contributed by atoms with Crippen LogP contribution in [0.1, 0.15) is 56.0 Å². The van der Waals surface area contributed by atoms with Crippen molar-refractivity contribution in [2.24, 2.45) is 0 Å². The Labute approximate surface area is 163 Å². The van der Waals surface area contributed by atoms with Crippen molar-refractivity contribution in [1.29, 1.82) is 0 Å². The Kier molecular flexibility index (Phi) is 7.45. The van der Waals surface area contributed by atoms with Gasteiger partial charge < -0.3 is 10.6 Å². The average molecular weight is 368 g/mol. The zero-order valence-electron chi connectivity index (χ0n) is 16.8. The molecule has 0 amide bonds. The molecule has 1 fully saturated rings. The highest BCUT2D eigenvalue weighted by Crippen LogP contribution is 2.19. The number of hydrogen-bond acceptors (Lipinski definition) is 5. The molecular formula is C22H33N5. The largest absolute Gasteiger partial charge is 0.384 e. The quantitative estimate of drug-likeness (QED) is 0.607. The molecule has 0 radical (unpaired) electrons. The first-order valence-electron chi connectivity index (χ1n) is 10.4. The zero-order chi connectivity index (χ0) is 18.9. The molecule has 5 nitrogen and oxygen atoms in total. The molecule has 146 valence electrons. The number of benzene rings is 1. The monoisotopic (exact) mass is 367 g/mol. The van der Waals surface area contributed by atoms with Gasteiger partial charge in [0.05, 0.1) is 11.9 Å². The second-order valence-corrected chi connectivity index (χ2v) is 7.41. The van der Waals surface area contributed by atoms with E-state index in [2.05, 4.69) is 51.7 Å². The van der Waals surface area contributed by atoms with Gasteiger partial charge in [0.15, 0.2) is 5.82 Å². The molecule has 0 spiro atoms. The Morgan fingerprint density at radius 2 is 1.78 bits per heavy atom. The summed E-state index contributed by atoms with van der Waals surface area (Å²) < 4.78 is 0. The molecule has 1 aliphatic rings. The van der Waals surface area contributed by atoms with Crippen LogP contribution in [0.5, 0.6) is 0 Å². The predicted molar refractivity (Wildman–Crippen MR) is 113 cm³/mol. The van der Waals surface area contributed by atoms with Gasteiger partial charge in [0.1, 0.15) is 5.82 Å². The van der Waals surface area contributed by atoms with Gasteiger partial charge in [-0.2, -0.15) is 0 Å². The maximum atomic E-state index is 4.73. The Morgan fingerprint density at radius 1 is 1.04 bits per heavy atom. The molecule has 2 N–H and O–H groups in total. The molecule has 2 heterocycles. The van der Waals surface area contributed by atoms with Gasteiger partial charge in [-0.3, -0.25) is 4.90 Å². The SMILES string of the molecule is CCCCCc1ncc(NC)c(NCc2ccc(CN3CCCC3)cc2)n1. The lowest BCUT2D eigenvalue weighted by molar-refractivity contribution is 0.331. The summed E-state index contributed by atoms with van der Waals surface area (Å²) >= 11 is 0. The number of hydrogen-bond donors (Lipinski definition) is 2. The van der Waals surface area contributed by atoms with Crippen molar-refractivity contribution < 1.29 is 0 Å². The Hall–Kier alpha value is -2.14. The molecule has 1 aromatic heterocycles. The van der Waals surface area contributed by atoms with Crippen LogP contribution in [0, 0.1) is 0 Å². The van der Waals surface area contributed by atoms with Crippen molar-refractivity contribution in [2.45, 2.75) is 58.5 Å². The second kappa shape index (κ2) is 10.3. The number of nitrogens with one attached hydrogen (secondary N) is 2. The standard InChI is InChI=1S/C22H33N5/c1-3-4-5-8-21-24-16-20(23-2)22(26-21)25-15-18-9-11-19(12-10-18)17-27-13-6-7-14-27/h9-12,16,23H,3-8,13-15,17H2,1-2H3,(H,24,25,26). The lowest BCUT2D eigenvalue weighted by Crippen LogP contribution is -2.18. The number of likely N-dealkylation sites (tertiary alicyclic amines) is 1. The van der Waals surface area contributed by atoms with Crippen molar-refractivity contribution in [3.8, 4) is 0 Å². The van der Waals surface area contributed by atoms with E-state index in [-0.39, 0.29) is 0 Å². The molecule has 1 aromatic carbocycles. The molecule has 1 aliphatic heterocycles. The number of unbranched alkanes of at least 4 members (excludes halogenated alkanes) is 2. The van der Waals surface area contributed by atoms with Gasteiger partial charge in [0.25, 0.3) is 0 Å². The minimum atomic E-state index is 0.768. The first-order chi connectivity index (χ1) is 13.3. The summed E-state index contributed by atoms with van der Waals surface area (Å²) in [6, 6.07) is 8.95. The highest BCUT2D eigenvalue weighted by atomic mass is 15.1. The summed E-state index contributed by atoms with van der Waals surface area (Å²) in [4.78, 5) is 11.7. The topological polar surface area (TPSA) is 53.1 Å². The third-order valence-corrected chi connectivity index (χ3v) is 5.20. The Bertz CT molecular complexity index is 692. The van der Waals surface area contributed by atoms with Crippen LogP contribution in [0.2, 0.25) is 0 Å². The zero-order valence-corrected chi connectivity index (χ0v) is 16.8. The summed E-state index contributed by atoms with van der Waals surface area (Å²) in [5.41, 5.74) is 3.62. The van der Waals surface area contributed by atoms with Gasteiger partial charge in [-0.05, 0) is 43.5 Å². The molecule has 5 heteroatoms. The van der Waals surface area contributed by atoms with Crippen LogP contribution in [0.25, 0.3) is 0 Å². The maximum absolute atomic E-state index is 4.73. The van der Waals surface area contributed by atoms with Gasteiger partial charge in [0.2, 0.25) is 0 Å². The van der Waals surface area contributed by atoms with Crippen molar-refractivity contribution in [3.05, 3.63) is 47.4 Å². The molecule has 0 atom stereocenters. The number of aryl methyl sites for hydroxylation is 1. The highest BCUT2D eigenvalue weighted by Gasteiger charge is 2.11. The molecule has 0 saturated carbocycles. The van der Waals surface area contributed by atoms with Crippen LogP contribution in [0.3, 0.4) is 0 Å². The van der Waals surface area contributed by atoms with E-state index in [0.717, 1.165) is 43.3 Å². The molecule has 0 unspecified atom stereocenters. The van der Waals surface area contributed by atoms with Gasteiger partial charge in [0, 0.05) is 26.6 Å². The average Bonchev–Trinajstić information content (AvgIpc) is 3.21. The van der Waals surface area contributed by atoms with E-state index in [1.165, 1.54) is 49.9 Å². The lowest BCUT2D eigenvalue weighted by atomic mass is 10.1. The minimum absolute atomic E-state index is 0.768. The van der Waals surface area contributed by atoms with E-state index in [4.69, 9.17) is 4.98 Å². The number of anilines is 2. The van der Waals surface area contributed by atoms with Gasteiger partial charge in [-0.25, -0.2) is 9.97 Å². The Balaban J connectivity index is 1.57. The third-order valence-electron chi connectivity index (χ3n) is 5.20. The van der Waals surface area contributed by atoms with Crippen molar-refractivity contribution in [3.63, 3.8) is 0 Å². The van der Waals surface area contributed by atoms with Crippen LogP contribution in [-0.2, 0) is 19.5 Å². The lowest BCUT2D eigenvalue weighted by Gasteiger charge is -2.15. The maximum Gasteiger partial charge on any atom is 0.153 e. The van der Waals surface area contributed by atoms with Crippen LogP contribution in [0.4, 0.5) is 11.5 Å². The van der Waals surface area contributed by atoms with Gasteiger partial charge >= 0.3 is 0 Å². The van der Waals surface area contributed by atoms with E-state index in [1.807, 2.05) is 13.2 Å². The molecule has 0 bridgehead atoms. The molecule has 1 saturated heterocycles. The molecular weight excluding hydrogens is 334 g/mol. The van der Waals surface area contributed by atoms with Gasteiger partial charge in [-0.15, -0.1) is 0 Å². The fraction of sp³-hybridized carbons (Fsp3) is 0.545. The fourth-order valence-corrected chi connectivity index (χ4v) is 3.54. The van der Waals surface area contributed by atoms with Crippen LogP contribution in [0.15, 0.2) is 30.5 Å². The van der Waals surface area contributed by atoms with E-state index in [1.54, 1.807) is 0 Å². The van der Waals surface area contributed by atoms with Crippen molar-refractivity contribution >= 4 is 11.5 Å². The number of aromatic nitrogens is 2. The summed E-state index contributed by atoms with van der Waals surface area (Å²) in [6.45, 7) is 6.54. The minimum Gasteiger partial charge on any atom is -0.384 e. The van der Waals surface area contributed by atoms with Crippen LogP contribution in [-0.4, -0.2) is 35.0 Å². The molecule has 0 aliphatic carbocycles. The third kappa shape index (κ3) is 5.93. The number of nitrogens with zero attached hydrogens (tertiary/aromatic N) is 3. The highest BCUT2D eigenvalue weighted by molar-refractivity contribution is 5.62. The summed E-state index contributed by atoms with van der Waals surface area (Å²) in [5.74, 6) is 1.81. The molecule has 2 aromatic rings. The summed E-state index contributed by atoms with van der Waals surface area (Å²) in [6.07, 6.45) is 9.10. The van der Waals surface area contributed by atoms with Crippen LogP contribution >= 0.6 is 0 Å². The normalized spacial score (nSPS) is 14.4. The van der Waals surface area contributed by atoms with Crippen molar-refractivity contribution in [1.82, 2.24) is 14.9 Å². The molecule has 27 heavy (non-hydrogen) atoms. The first-order valence-corrected chi connectivity index (χ1v) is 10.4. The van der Waals surface area contributed by atoms with Gasteiger partial charge in [-0.1, -0.05) is 44.0 Å². The first kappa shape index (κ1) is 19.6. The van der Waals surface area contributed by atoms with Crippen molar-refractivity contribution in [2.75, 3.05) is 30.8 Å². The van der Waals surface area contributed by atoms with E-state index >= 15 is 0 Å². The van der Waals surface area contributed by atoms with Crippen LogP contribution < -0.4 is 10.6 Å². The van der Waals surface area contributed by atoms with E-state index in [0.29, 0.717) is 0 Å². The Morgan fingerprint density at radius 3 is 2.48 bits per heavy atom. The number of rotatable bonds is 10. The predicted octanol–water partition coefficient (Wildman–Crippen LogP) is 4.46. The smallest absolute Gasteiger partial charge is 0.153 e. The fourth-order valence-electron chi connectivity index (χ4n) is 3.54. The second-order valence-electron chi connectivity index (χ2n) is 7.41. The summed E-state index contributed by atoms with van der Waals surface area (Å²) in [5, 5.41) is 6.66. The molecule has 3 rings (SSSR count). The summed E-state index contributed by atoms with van der Waals surface area (Å²) in [7, 11) is 1.91.